The molecule has 0 saturated heterocycles. The van der Waals surface area contributed by atoms with Crippen LogP contribution in [0.3, 0.4) is 0 Å². The standard InChI is InChI=1S/C27H30N2O3S/c1-2-32-18-9-16-28(27(31)22-12-7-4-8-13-22)20-25(30)29-17-14-24-23(15-19-33-24)26(29)21-10-5-3-6-11-21/h3-8,10-13,15,19,26H,2,9,14,16-18,20H2,1H3. The highest BCUT2D eigenvalue weighted by Crippen LogP contribution is 2.37. The molecule has 0 aliphatic carbocycles. The van der Waals surface area contributed by atoms with Crippen molar-refractivity contribution in [2.24, 2.45) is 0 Å². The lowest BCUT2D eigenvalue weighted by Gasteiger charge is -2.37. The first-order valence-corrected chi connectivity index (χ1v) is 12.4. The Balaban J connectivity index is 1.56. The topological polar surface area (TPSA) is 49.9 Å². The summed E-state index contributed by atoms with van der Waals surface area (Å²) in [7, 11) is 0. The predicted octanol–water partition coefficient (Wildman–Crippen LogP) is 4.79. The number of carbonyl (C=O) groups is 2. The molecule has 1 aromatic heterocycles. The molecule has 172 valence electrons. The first-order valence-electron chi connectivity index (χ1n) is 11.5. The van der Waals surface area contributed by atoms with Crippen LogP contribution in [0.5, 0.6) is 0 Å². The van der Waals surface area contributed by atoms with Crippen molar-refractivity contribution in [3.05, 3.63) is 93.7 Å². The summed E-state index contributed by atoms with van der Waals surface area (Å²) in [5.74, 6) is -0.147. The summed E-state index contributed by atoms with van der Waals surface area (Å²) < 4.78 is 5.46. The number of thiophene rings is 1. The molecule has 0 fully saturated rings. The normalized spacial score (nSPS) is 15.2. The fourth-order valence-electron chi connectivity index (χ4n) is 4.35. The quantitative estimate of drug-likeness (QED) is 0.430. The summed E-state index contributed by atoms with van der Waals surface area (Å²) in [4.78, 5) is 31.9. The van der Waals surface area contributed by atoms with Gasteiger partial charge in [0.1, 0.15) is 6.54 Å². The van der Waals surface area contributed by atoms with E-state index in [0.29, 0.717) is 38.3 Å². The largest absolute Gasteiger partial charge is 0.382 e. The minimum absolute atomic E-state index is 0.0265. The number of rotatable bonds is 9. The van der Waals surface area contributed by atoms with Gasteiger partial charge in [0.15, 0.2) is 0 Å². The van der Waals surface area contributed by atoms with Gasteiger partial charge in [-0.05, 0) is 54.5 Å². The van der Waals surface area contributed by atoms with Gasteiger partial charge < -0.3 is 14.5 Å². The zero-order valence-corrected chi connectivity index (χ0v) is 19.8. The molecule has 1 unspecified atom stereocenters. The van der Waals surface area contributed by atoms with E-state index in [-0.39, 0.29) is 24.4 Å². The lowest BCUT2D eigenvalue weighted by atomic mass is 9.93. The Hall–Kier alpha value is -2.96. The number of benzene rings is 2. The van der Waals surface area contributed by atoms with Gasteiger partial charge in [-0.2, -0.15) is 0 Å². The third-order valence-electron chi connectivity index (χ3n) is 5.96. The maximum absolute atomic E-state index is 13.7. The van der Waals surface area contributed by atoms with Crippen molar-refractivity contribution in [2.45, 2.75) is 25.8 Å². The van der Waals surface area contributed by atoms with Crippen molar-refractivity contribution in [1.82, 2.24) is 9.80 Å². The van der Waals surface area contributed by atoms with E-state index in [2.05, 4.69) is 23.6 Å². The highest BCUT2D eigenvalue weighted by atomic mass is 32.1. The first kappa shape index (κ1) is 23.2. The number of carbonyl (C=O) groups excluding carboxylic acids is 2. The van der Waals surface area contributed by atoms with E-state index in [0.717, 1.165) is 12.0 Å². The minimum atomic E-state index is -0.120. The highest BCUT2D eigenvalue weighted by Gasteiger charge is 2.34. The Morgan fingerprint density at radius 1 is 1.06 bits per heavy atom. The molecule has 5 nitrogen and oxygen atoms in total. The molecule has 1 atom stereocenters. The van der Waals surface area contributed by atoms with Gasteiger partial charge >= 0.3 is 0 Å². The number of fused-ring (bicyclic) bond motifs is 1. The van der Waals surface area contributed by atoms with Gasteiger partial charge in [-0.1, -0.05) is 48.5 Å². The number of ether oxygens (including phenoxy) is 1. The van der Waals surface area contributed by atoms with Crippen LogP contribution in [0.2, 0.25) is 0 Å². The van der Waals surface area contributed by atoms with E-state index in [1.165, 1.54) is 10.4 Å². The van der Waals surface area contributed by atoms with Crippen LogP contribution in [0, 0.1) is 0 Å². The maximum atomic E-state index is 13.7. The zero-order valence-electron chi connectivity index (χ0n) is 19.0. The molecule has 0 saturated carbocycles. The lowest BCUT2D eigenvalue weighted by molar-refractivity contribution is -0.134. The Kier molecular flexibility index (Phi) is 7.92. The third kappa shape index (κ3) is 5.52. The Labute approximate surface area is 199 Å². The van der Waals surface area contributed by atoms with Crippen molar-refractivity contribution in [3.63, 3.8) is 0 Å². The van der Waals surface area contributed by atoms with E-state index < -0.39 is 0 Å². The summed E-state index contributed by atoms with van der Waals surface area (Å²) >= 11 is 1.75. The van der Waals surface area contributed by atoms with Crippen LogP contribution in [0.25, 0.3) is 0 Å². The summed E-state index contributed by atoms with van der Waals surface area (Å²) in [6.07, 6.45) is 1.54. The molecule has 33 heavy (non-hydrogen) atoms. The summed E-state index contributed by atoms with van der Waals surface area (Å²) in [6, 6.07) is 21.4. The molecule has 3 aromatic rings. The fraction of sp³-hybridized carbons (Fsp3) is 0.333. The second-order valence-corrected chi connectivity index (χ2v) is 9.09. The van der Waals surface area contributed by atoms with Crippen molar-refractivity contribution < 1.29 is 14.3 Å². The van der Waals surface area contributed by atoms with Gasteiger partial charge in [-0.3, -0.25) is 9.59 Å². The van der Waals surface area contributed by atoms with E-state index in [4.69, 9.17) is 4.74 Å². The molecule has 0 bridgehead atoms. The molecule has 4 rings (SSSR count). The van der Waals surface area contributed by atoms with E-state index in [1.54, 1.807) is 28.4 Å². The van der Waals surface area contributed by atoms with Crippen LogP contribution in [0.1, 0.15) is 45.7 Å². The van der Waals surface area contributed by atoms with Crippen LogP contribution in [0.4, 0.5) is 0 Å². The molecule has 2 amide bonds. The van der Waals surface area contributed by atoms with Gasteiger partial charge in [-0.15, -0.1) is 11.3 Å². The van der Waals surface area contributed by atoms with E-state index in [1.807, 2.05) is 48.2 Å². The third-order valence-corrected chi connectivity index (χ3v) is 6.95. The molecule has 2 heterocycles. The smallest absolute Gasteiger partial charge is 0.254 e. The van der Waals surface area contributed by atoms with Crippen LogP contribution in [-0.2, 0) is 16.0 Å². The van der Waals surface area contributed by atoms with Gasteiger partial charge in [0.05, 0.1) is 6.04 Å². The van der Waals surface area contributed by atoms with Crippen molar-refractivity contribution in [1.29, 1.82) is 0 Å². The van der Waals surface area contributed by atoms with Crippen molar-refractivity contribution in [3.8, 4) is 0 Å². The fourth-order valence-corrected chi connectivity index (χ4v) is 5.26. The second-order valence-electron chi connectivity index (χ2n) is 8.09. The predicted molar refractivity (Wildman–Crippen MR) is 131 cm³/mol. The minimum Gasteiger partial charge on any atom is -0.382 e. The monoisotopic (exact) mass is 462 g/mol. The van der Waals surface area contributed by atoms with Crippen LogP contribution >= 0.6 is 11.3 Å². The summed E-state index contributed by atoms with van der Waals surface area (Å²) in [6.45, 7) is 4.35. The van der Waals surface area contributed by atoms with Gasteiger partial charge in [0.2, 0.25) is 5.91 Å². The number of hydrogen-bond acceptors (Lipinski definition) is 4. The molecule has 0 radical (unpaired) electrons. The maximum Gasteiger partial charge on any atom is 0.254 e. The molecule has 2 aromatic carbocycles. The molecular formula is C27H30N2O3S. The summed E-state index contributed by atoms with van der Waals surface area (Å²) in [5.41, 5.74) is 2.89. The number of amides is 2. The SMILES string of the molecule is CCOCCCN(CC(=O)N1CCc2sccc2C1c1ccccc1)C(=O)c1ccccc1. The molecule has 6 heteroatoms. The first-order chi connectivity index (χ1) is 16.2. The Morgan fingerprint density at radius 3 is 2.52 bits per heavy atom. The second kappa shape index (κ2) is 11.3. The van der Waals surface area contributed by atoms with E-state index in [9.17, 15) is 9.59 Å². The Bertz CT molecular complexity index is 1050. The van der Waals surface area contributed by atoms with E-state index >= 15 is 0 Å². The summed E-state index contributed by atoms with van der Waals surface area (Å²) in [5, 5.41) is 2.10. The molecule has 0 N–H and O–H groups in total. The Morgan fingerprint density at radius 2 is 1.79 bits per heavy atom. The zero-order chi connectivity index (χ0) is 23.0. The number of nitrogens with zero attached hydrogens (tertiary/aromatic N) is 2. The van der Waals surface area contributed by atoms with Gasteiger partial charge in [0, 0.05) is 36.7 Å². The molecule has 1 aliphatic heterocycles. The van der Waals surface area contributed by atoms with Crippen molar-refractivity contribution in [2.75, 3.05) is 32.8 Å². The van der Waals surface area contributed by atoms with Gasteiger partial charge in [0.25, 0.3) is 5.91 Å². The van der Waals surface area contributed by atoms with Crippen molar-refractivity contribution >= 4 is 23.2 Å². The average molecular weight is 463 g/mol. The molecule has 0 spiro atoms. The van der Waals surface area contributed by atoms with Crippen LogP contribution in [0.15, 0.2) is 72.1 Å². The molecular weight excluding hydrogens is 432 g/mol. The highest BCUT2D eigenvalue weighted by molar-refractivity contribution is 7.10. The lowest BCUT2D eigenvalue weighted by Crippen LogP contribution is -2.47. The van der Waals surface area contributed by atoms with Crippen LogP contribution in [-0.4, -0.2) is 54.5 Å². The average Bonchev–Trinajstić information content (AvgIpc) is 3.35. The van der Waals surface area contributed by atoms with Crippen LogP contribution < -0.4 is 0 Å². The molecule has 1 aliphatic rings. The van der Waals surface area contributed by atoms with Gasteiger partial charge in [-0.25, -0.2) is 0 Å². The number of hydrogen-bond donors (Lipinski definition) is 0.